The third kappa shape index (κ3) is 4.30. The second-order valence-electron chi connectivity index (χ2n) is 5.17. The molecule has 21 heavy (non-hydrogen) atoms. The Morgan fingerprint density at radius 3 is 2.05 bits per heavy atom. The first-order chi connectivity index (χ1) is 9.73. The van der Waals surface area contributed by atoms with Gasteiger partial charge in [0.25, 0.3) is 0 Å². The van der Waals surface area contributed by atoms with Crippen LogP contribution in [0.3, 0.4) is 0 Å². The van der Waals surface area contributed by atoms with Crippen molar-refractivity contribution in [1.82, 2.24) is 5.32 Å². The first kappa shape index (κ1) is 16.7. The number of hydrogen-bond acceptors (Lipinski definition) is 3. The molecule has 1 unspecified atom stereocenters. The Hall–Kier alpha value is -2.37. The zero-order valence-electron chi connectivity index (χ0n) is 12.6. The van der Waals surface area contributed by atoms with Crippen molar-refractivity contribution in [2.75, 3.05) is 11.9 Å². The first-order valence-electron chi connectivity index (χ1n) is 6.62. The van der Waals surface area contributed by atoms with Crippen LogP contribution in [0.1, 0.15) is 31.1 Å². The number of benzene rings is 1. The Kier molecular flexibility index (Phi) is 5.46. The highest BCUT2D eigenvalue weighted by atomic mass is 16.4. The van der Waals surface area contributed by atoms with E-state index in [0.29, 0.717) is 5.69 Å². The first-order valence-corrected chi connectivity index (χ1v) is 6.62. The van der Waals surface area contributed by atoms with Gasteiger partial charge in [-0.05, 0) is 30.2 Å². The van der Waals surface area contributed by atoms with Gasteiger partial charge < -0.3 is 15.3 Å². The molecule has 6 heteroatoms. The predicted molar refractivity (Wildman–Crippen MR) is 79.3 cm³/mol. The molecule has 0 aliphatic heterocycles. The number of carboxylic acid groups (broad SMARTS) is 1. The lowest BCUT2D eigenvalue weighted by molar-refractivity contribution is -0.127. The Morgan fingerprint density at radius 2 is 1.67 bits per heavy atom. The monoisotopic (exact) mass is 292 g/mol. The maximum atomic E-state index is 12.4. The molecule has 0 heterocycles. The van der Waals surface area contributed by atoms with Crippen LogP contribution >= 0.6 is 0 Å². The SMILES string of the molecule is CC(=O)NC(C(=O)N(C)c1ccc(C(=O)O)cc1)C(C)C. The molecular weight excluding hydrogens is 272 g/mol. The molecule has 0 aromatic heterocycles. The molecule has 0 aliphatic rings. The number of aromatic carboxylic acids is 1. The second kappa shape index (κ2) is 6.88. The van der Waals surface area contributed by atoms with Crippen LogP contribution in [0.2, 0.25) is 0 Å². The summed E-state index contributed by atoms with van der Waals surface area (Å²) in [5.74, 6) is -1.59. The molecule has 1 atom stereocenters. The smallest absolute Gasteiger partial charge is 0.335 e. The van der Waals surface area contributed by atoms with Gasteiger partial charge in [-0.3, -0.25) is 9.59 Å². The fourth-order valence-corrected chi connectivity index (χ4v) is 1.90. The third-order valence-corrected chi connectivity index (χ3v) is 3.12. The summed E-state index contributed by atoms with van der Waals surface area (Å²) in [6.45, 7) is 5.06. The van der Waals surface area contributed by atoms with Gasteiger partial charge in [-0.2, -0.15) is 0 Å². The molecule has 2 N–H and O–H groups in total. The van der Waals surface area contributed by atoms with Crippen LogP contribution in [0.5, 0.6) is 0 Å². The van der Waals surface area contributed by atoms with Crippen LogP contribution in [0, 0.1) is 5.92 Å². The minimum Gasteiger partial charge on any atom is -0.478 e. The van der Waals surface area contributed by atoms with E-state index in [1.807, 2.05) is 13.8 Å². The summed E-state index contributed by atoms with van der Waals surface area (Å²) in [6.07, 6.45) is 0. The van der Waals surface area contributed by atoms with Gasteiger partial charge in [0.15, 0.2) is 0 Å². The standard InChI is InChI=1S/C15H20N2O4/c1-9(2)13(16-10(3)18)14(19)17(4)12-7-5-11(6-8-12)15(20)21/h5-9,13H,1-4H3,(H,16,18)(H,20,21). The number of nitrogens with zero attached hydrogens (tertiary/aromatic N) is 1. The molecule has 0 saturated carbocycles. The summed E-state index contributed by atoms with van der Waals surface area (Å²) in [6, 6.07) is 5.37. The fourth-order valence-electron chi connectivity index (χ4n) is 1.90. The number of rotatable bonds is 5. The summed E-state index contributed by atoms with van der Waals surface area (Å²) < 4.78 is 0. The van der Waals surface area contributed by atoms with Crippen molar-refractivity contribution >= 4 is 23.5 Å². The maximum absolute atomic E-state index is 12.4. The van der Waals surface area contributed by atoms with Crippen molar-refractivity contribution in [3.05, 3.63) is 29.8 Å². The molecule has 0 saturated heterocycles. The Labute approximate surface area is 123 Å². The molecule has 1 aromatic rings. The maximum Gasteiger partial charge on any atom is 0.335 e. The van der Waals surface area contributed by atoms with E-state index in [9.17, 15) is 14.4 Å². The fraction of sp³-hybridized carbons (Fsp3) is 0.400. The van der Waals surface area contributed by atoms with E-state index in [1.54, 1.807) is 19.2 Å². The normalized spacial score (nSPS) is 11.9. The van der Waals surface area contributed by atoms with E-state index >= 15 is 0 Å². The zero-order chi connectivity index (χ0) is 16.2. The van der Waals surface area contributed by atoms with Crippen molar-refractivity contribution in [1.29, 1.82) is 0 Å². The van der Waals surface area contributed by atoms with Gasteiger partial charge in [-0.15, -0.1) is 0 Å². The minimum absolute atomic E-state index is 0.0536. The van der Waals surface area contributed by atoms with Crippen LogP contribution in [-0.4, -0.2) is 36.0 Å². The van der Waals surface area contributed by atoms with Gasteiger partial charge >= 0.3 is 5.97 Å². The van der Waals surface area contributed by atoms with Crippen LogP contribution in [0.25, 0.3) is 0 Å². The van der Waals surface area contributed by atoms with E-state index in [4.69, 9.17) is 5.11 Å². The molecule has 0 bridgehead atoms. The van der Waals surface area contributed by atoms with Gasteiger partial charge in [0.05, 0.1) is 5.56 Å². The number of carbonyl (C=O) groups excluding carboxylic acids is 2. The van der Waals surface area contributed by atoms with Crippen molar-refractivity contribution in [2.24, 2.45) is 5.92 Å². The number of likely N-dealkylation sites (N-methyl/N-ethyl adjacent to an activating group) is 1. The number of nitrogens with one attached hydrogen (secondary N) is 1. The Balaban J connectivity index is 2.94. The van der Waals surface area contributed by atoms with E-state index in [2.05, 4.69) is 5.32 Å². The lowest BCUT2D eigenvalue weighted by Gasteiger charge is -2.26. The molecule has 2 amide bonds. The van der Waals surface area contributed by atoms with Crippen LogP contribution in [0.4, 0.5) is 5.69 Å². The number of amides is 2. The number of carboxylic acids is 1. The highest BCUT2D eigenvalue weighted by Crippen LogP contribution is 2.16. The van der Waals surface area contributed by atoms with Crippen molar-refractivity contribution in [3.8, 4) is 0 Å². The molecule has 0 spiro atoms. The van der Waals surface area contributed by atoms with E-state index in [0.717, 1.165) is 0 Å². The summed E-state index contributed by atoms with van der Waals surface area (Å²) in [5.41, 5.74) is 0.725. The van der Waals surface area contributed by atoms with Crippen LogP contribution < -0.4 is 10.2 Å². The van der Waals surface area contributed by atoms with E-state index < -0.39 is 12.0 Å². The van der Waals surface area contributed by atoms with E-state index in [1.165, 1.54) is 24.0 Å². The number of hydrogen-bond donors (Lipinski definition) is 2. The topological polar surface area (TPSA) is 86.7 Å². The zero-order valence-corrected chi connectivity index (χ0v) is 12.6. The molecule has 6 nitrogen and oxygen atoms in total. The molecule has 0 fully saturated rings. The third-order valence-electron chi connectivity index (χ3n) is 3.12. The van der Waals surface area contributed by atoms with Gasteiger partial charge in [0.1, 0.15) is 6.04 Å². The van der Waals surface area contributed by atoms with Gasteiger partial charge in [-0.1, -0.05) is 13.8 Å². The lowest BCUT2D eigenvalue weighted by Crippen LogP contribution is -2.49. The van der Waals surface area contributed by atoms with Crippen molar-refractivity contribution < 1.29 is 19.5 Å². The highest BCUT2D eigenvalue weighted by molar-refractivity contribution is 5.99. The molecule has 114 valence electrons. The van der Waals surface area contributed by atoms with Gasteiger partial charge in [-0.25, -0.2) is 4.79 Å². The van der Waals surface area contributed by atoms with Crippen molar-refractivity contribution in [2.45, 2.75) is 26.8 Å². The average molecular weight is 292 g/mol. The molecule has 1 rings (SSSR count). The quantitative estimate of drug-likeness (QED) is 0.861. The Bertz CT molecular complexity index is 537. The summed E-state index contributed by atoms with van der Waals surface area (Å²) in [4.78, 5) is 35.8. The van der Waals surface area contributed by atoms with E-state index in [-0.39, 0.29) is 23.3 Å². The highest BCUT2D eigenvalue weighted by Gasteiger charge is 2.26. The van der Waals surface area contributed by atoms with Gasteiger partial charge in [0, 0.05) is 19.7 Å². The number of anilines is 1. The molecule has 0 aliphatic carbocycles. The van der Waals surface area contributed by atoms with Crippen molar-refractivity contribution in [3.63, 3.8) is 0 Å². The predicted octanol–water partition coefficient (Wildman–Crippen LogP) is 1.51. The second-order valence-corrected chi connectivity index (χ2v) is 5.17. The largest absolute Gasteiger partial charge is 0.478 e. The van der Waals surface area contributed by atoms with Crippen LogP contribution in [0.15, 0.2) is 24.3 Å². The molecule has 0 radical (unpaired) electrons. The molecular formula is C15H20N2O4. The summed E-state index contributed by atoms with van der Waals surface area (Å²) in [5, 5.41) is 11.5. The van der Waals surface area contributed by atoms with Crippen LogP contribution in [-0.2, 0) is 9.59 Å². The molecule has 1 aromatic carbocycles. The number of carbonyl (C=O) groups is 3. The summed E-state index contributed by atoms with van der Waals surface area (Å²) in [7, 11) is 1.59. The van der Waals surface area contributed by atoms with Gasteiger partial charge in [0.2, 0.25) is 11.8 Å². The lowest BCUT2D eigenvalue weighted by atomic mass is 10.0. The summed E-state index contributed by atoms with van der Waals surface area (Å²) >= 11 is 0. The Morgan fingerprint density at radius 1 is 1.14 bits per heavy atom. The minimum atomic E-state index is -1.02. The average Bonchev–Trinajstić information content (AvgIpc) is 2.42.